The summed E-state index contributed by atoms with van der Waals surface area (Å²) in [6, 6.07) is 6.74. The molecule has 1 aromatic carbocycles. The van der Waals surface area contributed by atoms with Crippen molar-refractivity contribution >= 4 is 34.0 Å². The maximum atomic E-state index is 10.8. The first-order chi connectivity index (χ1) is 6.50. The zero-order valence-corrected chi connectivity index (χ0v) is 8.53. The first-order valence-corrected chi connectivity index (χ1v) is 5.48. The highest BCUT2D eigenvalue weighted by atomic mass is 32.2. The van der Waals surface area contributed by atoms with Crippen molar-refractivity contribution in [2.24, 2.45) is 0 Å². The van der Waals surface area contributed by atoms with Gasteiger partial charge in [-0.15, -0.1) is 0 Å². The summed E-state index contributed by atoms with van der Waals surface area (Å²) in [5.74, 6) is 0. The predicted octanol–water partition coefficient (Wildman–Crippen LogP) is 0.976. The van der Waals surface area contributed by atoms with Crippen molar-refractivity contribution in [3.05, 3.63) is 24.3 Å². The van der Waals surface area contributed by atoms with E-state index in [4.69, 9.17) is 4.55 Å². The lowest BCUT2D eigenvalue weighted by molar-refractivity contribution is 0.475. The highest BCUT2D eigenvalue weighted by Crippen LogP contribution is 2.19. The van der Waals surface area contributed by atoms with Gasteiger partial charge in [0.15, 0.2) is 0 Å². The summed E-state index contributed by atoms with van der Waals surface area (Å²) in [6.07, 6.45) is 0. The van der Waals surface area contributed by atoms with Crippen LogP contribution in [0, 0.1) is 0 Å². The molecule has 0 unspecified atom stereocenters. The minimum Gasteiger partial charge on any atom is -0.279 e. The summed E-state index contributed by atoms with van der Waals surface area (Å²) in [5, 5.41) is -0.470. The van der Waals surface area contributed by atoms with Crippen LogP contribution in [0.2, 0.25) is 0 Å². The fraction of sp³-hybridized carbons (Fsp3) is 0. The molecule has 0 spiro atoms. The van der Waals surface area contributed by atoms with Crippen molar-refractivity contribution < 1.29 is 13.0 Å². The van der Waals surface area contributed by atoms with Gasteiger partial charge in [-0.05, 0) is 12.1 Å². The van der Waals surface area contributed by atoms with Gasteiger partial charge in [-0.1, -0.05) is 24.9 Å². The zero-order valence-electron chi connectivity index (χ0n) is 6.82. The number of hydrogen-bond acceptors (Lipinski definition) is 4. The molecule has 0 saturated heterocycles. The highest BCUT2D eigenvalue weighted by molar-refractivity contribution is 7.86. The molecule has 2 rings (SSSR count). The Morgan fingerprint density at radius 2 is 2.00 bits per heavy atom. The number of para-hydroxylation sites is 2. The molecule has 0 amide bonds. The maximum Gasteiger partial charge on any atom is 0.329 e. The predicted molar refractivity (Wildman–Crippen MR) is 53.9 cm³/mol. The fourth-order valence-corrected chi connectivity index (χ4v) is 2.21. The largest absolute Gasteiger partial charge is 0.329 e. The third-order valence-electron chi connectivity index (χ3n) is 1.74. The molecule has 0 fully saturated rings. The number of benzene rings is 1. The van der Waals surface area contributed by atoms with Gasteiger partial charge < -0.3 is 0 Å². The van der Waals surface area contributed by atoms with E-state index in [1.54, 1.807) is 24.3 Å². The van der Waals surface area contributed by atoms with E-state index in [-0.39, 0.29) is 0 Å². The second kappa shape index (κ2) is 2.97. The second-order valence-corrected chi connectivity index (χ2v) is 4.39. The van der Waals surface area contributed by atoms with Gasteiger partial charge in [-0.3, -0.25) is 8.53 Å². The molecular weight excluding hydrogens is 224 g/mol. The van der Waals surface area contributed by atoms with Crippen LogP contribution in [-0.2, 0) is 10.1 Å². The molecule has 0 aliphatic heterocycles. The summed E-state index contributed by atoms with van der Waals surface area (Å²) in [4.78, 5) is 3.73. The molecule has 14 heavy (non-hydrogen) atoms. The van der Waals surface area contributed by atoms with Crippen LogP contribution in [0.25, 0.3) is 11.0 Å². The Bertz CT molecular complexity index is 588. The molecule has 0 atom stereocenters. The van der Waals surface area contributed by atoms with Gasteiger partial charge in [0.05, 0.1) is 11.0 Å². The second-order valence-electron chi connectivity index (χ2n) is 2.67. The normalized spacial score (nSPS) is 12.1. The van der Waals surface area contributed by atoms with E-state index in [0.29, 0.717) is 11.0 Å². The summed E-state index contributed by atoms with van der Waals surface area (Å²) in [6.45, 7) is 0. The van der Waals surface area contributed by atoms with E-state index >= 15 is 0 Å². The Labute approximate surface area is 85.7 Å². The van der Waals surface area contributed by atoms with Crippen LogP contribution in [-0.4, -0.2) is 21.9 Å². The molecule has 1 aromatic heterocycles. The third kappa shape index (κ3) is 1.39. The standard InChI is InChI=1S/C7H6N2O3S2/c10-14(11,12)7-8-5-3-1-2-4-6(5)9(7)13/h1-4,13H,(H,10,11,12). The SMILES string of the molecule is O=S(=O)(O)c1nc2ccccc2n1S. The number of rotatable bonds is 1. The number of aromatic nitrogens is 2. The van der Waals surface area contributed by atoms with E-state index in [1.807, 2.05) is 0 Å². The monoisotopic (exact) mass is 230 g/mol. The molecule has 0 radical (unpaired) electrons. The summed E-state index contributed by atoms with van der Waals surface area (Å²) in [5.41, 5.74) is 0.999. The molecule has 74 valence electrons. The van der Waals surface area contributed by atoms with E-state index in [2.05, 4.69) is 17.8 Å². The Balaban J connectivity index is 2.89. The minimum atomic E-state index is -4.32. The Kier molecular flexibility index (Phi) is 2.02. The molecule has 2 aromatic rings. The first kappa shape index (κ1) is 9.50. The van der Waals surface area contributed by atoms with Crippen molar-refractivity contribution in [3.63, 3.8) is 0 Å². The van der Waals surface area contributed by atoms with Gasteiger partial charge in [0, 0.05) is 0 Å². The molecule has 7 heteroatoms. The maximum absolute atomic E-state index is 10.8. The van der Waals surface area contributed by atoms with Crippen molar-refractivity contribution in [2.75, 3.05) is 0 Å². The molecule has 0 bridgehead atoms. The van der Waals surface area contributed by atoms with Crippen LogP contribution in [0.15, 0.2) is 29.4 Å². The van der Waals surface area contributed by atoms with Gasteiger partial charge in [0.2, 0.25) is 0 Å². The Hall–Kier alpha value is -1.05. The van der Waals surface area contributed by atoms with E-state index in [9.17, 15) is 8.42 Å². The molecule has 1 N–H and O–H groups in total. The fourth-order valence-electron chi connectivity index (χ4n) is 1.16. The van der Waals surface area contributed by atoms with Crippen LogP contribution < -0.4 is 0 Å². The van der Waals surface area contributed by atoms with Crippen LogP contribution >= 0.6 is 12.8 Å². The van der Waals surface area contributed by atoms with Crippen molar-refractivity contribution in [2.45, 2.75) is 5.16 Å². The van der Waals surface area contributed by atoms with Gasteiger partial charge in [0.25, 0.3) is 5.16 Å². The quantitative estimate of drug-likeness (QED) is 0.565. The topological polar surface area (TPSA) is 72.2 Å². The number of imidazole rings is 1. The molecule has 0 aliphatic rings. The molecule has 0 saturated carbocycles. The minimum absolute atomic E-state index is 0.468. The molecule has 0 aliphatic carbocycles. The number of nitrogens with zero attached hydrogens (tertiary/aromatic N) is 2. The summed E-state index contributed by atoms with van der Waals surface area (Å²) in [7, 11) is -4.32. The van der Waals surface area contributed by atoms with Crippen molar-refractivity contribution in [1.29, 1.82) is 0 Å². The Morgan fingerprint density at radius 1 is 1.36 bits per heavy atom. The van der Waals surface area contributed by atoms with E-state index < -0.39 is 15.3 Å². The van der Waals surface area contributed by atoms with Gasteiger partial charge in [-0.2, -0.15) is 8.42 Å². The van der Waals surface area contributed by atoms with Crippen LogP contribution in [0.4, 0.5) is 0 Å². The smallest absolute Gasteiger partial charge is 0.279 e. The van der Waals surface area contributed by atoms with Gasteiger partial charge in [0.1, 0.15) is 0 Å². The Morgan fingerprint density at radius 3 is 2.57 bits per heavy atom. The van der Waals surface area contributed by atoms with Gasteiger partial charge in [-0.25, -0.2) is 4.98 Å². The highest BCUT2D eigenvalue weighted by Gasteiger charge is 2.19. The van der Waals surface area contributed by atoms with Crippen LogP contribution in [0.5, 0.6) is 0 Å². The summed E-state index contributed by atoms with van der Waals surface area (Å²) >= 11 is 3.92. The van der Waals surface area contributed by atoms with Crippen molar-refractivity contribution in [1.82, 2.24) is 8.96 Å². The van der Waals surface area contributed by atoms with E-state index in [0.717, 1.165) is 3.97 Å². The number of hydrogen-bond donors (Lipinski definition) is 2. The van der Waals surface area contributed by atoms with Crippen LogP contribution in [0.3, 0.4) is 0 Å². The van der Waals surface area contributed by atoms with Gasteiger partial charge >= 0.3 is 10.1 Å². The number of thiol groups is 1. The molecule has 5 nitrogen and oxygen atoms in total. The average Bonchev–Trinajstić information content (AvgIpc) is 2.44. The first-order valence-electron chi connectivity index (χ1n) is 3.64. The third-order valence-corrected chi connectivity index (χ3v) is 3.01. The van der Waals surface area contributed by atoms with E-state index in [1.165, 1.54) is 0 Å². The van der Waals surface area contributed by atoms with Crippen molar-refractivity contribution in [3.8, 4) is 0 Å². The lowest BCUT2D eigenvalue weighted by Crippen LogP contribution is -2.03. The molecule has 1 heterocycles. The molecular formula is C7H6N2O3S2. The number of fused-ring (bicyclic) bond motifs is 1. The lowest BCUT2D eigenvalue weighted by atomic mass is 10.3. The zero-order chi connectivity index (χ0) is 10.3. The average molecular weight is 230 g/mol. The van der Waals surface area contributed by atoms with Crippen LogP contribution in [0.1, 0.15) is 0 Å². The summed E-state index contributed by atoms with van der Waals surface area (Å²) < 4.78 is 31.5. The lowest BCUT2D eigenvalue weighted by Gasteiger charge is -1.95.